The molecule has 0 saturated carbocycles. The van der Waals surface area contributed by atoms with Crippen LogP contribution in [0, 0.1) is 12.5 Å². The highest BCUT2D eigenvalue weighted by Gasteiger charge is 2.43. The predicted octanol–water partition coefficient (Wildman–Crippen LogP) is 5.40. The van der Waals surface area contributed by atoms with Gasteiger partial charge in [0.25, 0.3) is 0 Å². The number of carbonyl (C=O) groups is 2. The number of Topliss-reactive ketones (excluding diaryl/α,β-unsaturated/α-hetero) is 1. The fraction of sp³-hybridized carbons (Fsp3) is 0.417. The highest BCUT2D eigenvalue weighted by molar-refractivity contribution is 5.96. The summed E-state index contributed by atoms with van der Waals surface area (Å²) >= 11 is 0. The Labute approximate surface area is 254 Å². The van der Waals surface area contributed by atoms with Crippen molar-refractivity contribution >= 4 is 11.8 Å². The molecule has 0 aromatic heterocycles. The third kappa shape index (κ3) is 7.22. The first kappa shape index (κ1) is 32.1. The average molecular weight is 583 g/mol. The predicted molar refractivity (Wildman–Crippen MR) is 167 cm³/mol. The summed E-state index contributed by atoms with van der Waals surface area (Å²) in [5, 5.41) is 22.3. The van der Waals surface area contributed by atoms with Gasteiger partial charge in [-0.3, -0.25) is 9.59 Å². The summed E-state index contributed by atoms with van der Waals surface area (Å²) in [7, 11) is 0. The third-order valence-corrected chi connectivity index (χ3v) is 8.83. The Kier molecular flexibility index (Phi) is 11.2. The van der Waals surface area contributed by atoms with E-state index in [-0.39, 0.29) is 31.3 Å². The van der Waals surface area contributed by atoms with Crippen molar-refractivity contribution in [3.63, 3.8) is 0 Å². The van der Waals surface area contributed by atoms with Crippen LogP contribution in [0.4, 0.5) is 0 Å². The molecule has 2 N–H and O–H groups in total. The van der Waals surface area contributed by atoms with E-state index in [2.05, 4.69) is 9.74 Å². The van der Waals surface area contributed by atoms with Gasteiger partial charge in [0.05, 0.1) is 13.2 Å². The van der Waals surface area contributed by atoms with Gasteiger partial charge < -0.3 is 24.7 Å². The largest absolute Gasteiger partial charge is 0.465 e. The molecule has 1 aliphatic heterocycles. The van der Waals surface area contributed by atoms with Gasteiger partial charge in [0.15, 0.2) is 5.78 Å². The minimum Gasteiger partial charge on any atom is -0.465 e. The minimum absolute atomic E-state index is 0.0239. The molecule has 1 aliphatic rings. The van der Waals surface area contributed by atoms with Crippen molar-refractivity contribution in [3.05, 3.63) is 119 Å². The van der Waals surface area contributed by atoms with Crippen molar-refractivity contribution in [3.8, 4) is 0 Å². The Morgan fingerprint density at radius 2 is 1.51 bits per heavy atom. The second-order valence-corrected chi connectivity index (χ2v) is 11.3. The molecule has 3 aromatic rings. The Hall–Kier alpha value is -3.83. The number of benzene rings is 3. The molecule has 1 atom stereocenters. The molecule has 0 aliphatic carbocycles. The Bertz CT molecular complexity index is 1320. The van der Waals surface area contributed by atoms with Crippen LogP contribution in [0.1, 0.15) is 66.1 Å². The molecular weight excluding hydrogens is 540 g/mol. The number of rotatable bonds is 14. The van der Waals surface area contributed by atoms with Crippen LogP contribution in [0.25, 0.3) is 4.85 Å². The van der Waals surface area contributed by atoms with Gasteiger partial charge in [0.1, 0.15) is 11.0 Å². The summed E-state index contributed by atoms with van der Waals surface area (Å²) in [5.74, 6) is -0.449. The van der Waals surface area contributed by atoms with Gasteiger partial charge in [-0.2, -0.15) is 0 Å². The summed E-state index contributed by atoms with van der Waals surface area (Å²) in [5.41, 5.74) is 0.568. The zero-order valence-corrected chi connectivity index (χ0v) is 25.0. The zero-order valence-electron chi connectivity index (χ0n) is 25.0. The average Bonchev–Trinajstić information content (AvgIpc) is 3.06. The first-order valence-electron chi connectivity index (χ1n) is 15.2. The number of hydrogen-bond acceptors (Lipinski definition) is 6. The lowest BCUT2D eigenvalue weighted by Crippen LogP contribution is -2.44. The number of carbonyl (C=O) groups excluding carboxylic acids is 2. The van der Waals surface area contributed by atoms with E-state index in [0.29, 0.717) is 17.5 Å². The van der Waals surface area contributed by atoms with Gasteiger partial charge in [-0.05, 0) is 68.4 Å². The molecular formula is C36H42N2O5. The van der Waals surface area contributed by atoms with E-state index >= 15 is 0 Å². The first-order valence-corrected chi connectivity index (χ1v) is 15.2. The van der Waals surface area contributed by atoms with Crippen molar-refractivity contribution in [1.29, 1.82) is 0 Å². The van der Waals surface area contributed by atoms with Gasteiger partial charge >= 0.3 is 5.97 Å². The highest BCUT2D eigenvalue weighted by atomic mass is 16.5. The smallest absolute Gasteiger partial charge is 0.319 e. The standard InChI is InChI=1S/C36H42N2O5/c1-3-43-34(41)35(27-39,22-23-37-2)29-18-16-28(17-19-29)33(40)15-10-24-38-25-20-32(21-26-38)36(42,30-11-6-4-7-12-30)31-13-8-5-9-14-31/h4-9,11-14,16-19,32,39,42H,3,10,15,20-27H2,1H3. The fourth-order valence-corrected chi connectivity index (χ4v) is 6.29. The van der Waals surface area contributed by atoms with E-state index < -0.39 is 23.6 Å². The lowest BCUT2D eigenvalue weighted by Gasteiger charge is -2.42. The summed E-state index contributed by atoms with van der Waals surface area (Å²) in [6.07, 6.45) is 2.98. The third-order valence-electron chi connectivity index (χ3n) is 8.83. The number of aliphatic hydroxyl groups excluding tert-OH is 1. The van der Waals surface area contributed by atoms with Crippen LogP contribution >= 0.6 is 0 Å². The van der Waals surface area contributed by atoms with Crippen molar-refractivity contribution in [2.75, 3.05) is 39.4 Å². The number of likely N-dealkylation sites (tertiary alicyclic amines) is 1. The van der Waals surface area contributed by atoms with Crippen LogP contribution in [0.15, 0.2) is 84.9 Å². The Balaban J connectivity index is 1.33. The van der Waals surface area contributed by atoms with E-state index in [1.165, 1.54) is 0 Å². The fourth-order valence-electron chi connectivity index (χ4n) is 6.29. The van der Waals surface area contributed by atoms with Gasteiger partial charge in [0.2, 0.25) is 6.54 Å². The highest BCUT2D eigenvalue weighted by Crippen LogP contribution is 2.42. The molecule has 43 heavy (non-hydrogen) atoms. The molecule has 7 heteroatoms. The van der Waals surface area contributed by atoms with Crippen LogP contribution < -0.4 is 0 Å². The Morgan fingerprint density at radius 3 is 2.02 bits per heavy atom. The second-order valence-electron chi connectivity index (χ2n) is 11.3. The number of esters is 1. The molecule has 1 saturated heterocycles. The van der Waals surface area contributed by atoms with Crippen LogP contribution in [0.5, 0.6) is 0 Å². The van der Waals surface area contributed by atoms with Crippen molar-refractivity contribution in [2.24, 2.45) is 5.92 Å². The maximum Gasteiger partial charge on any atom is 0.319 e. The second kappa shape index (κ2) is 15.1. The number of hydrogen-bond donors (Lipinski definition) is 2. The number of nitrogens with zero attached hydrogens (tertiary/aromatic N) is 2. The molecule has 0 amide bonds. The Morgan fingerprint density at radius 1 is 0.930 bits per heavy atom. The van der Waals surface area contributed by atoms with Gasteiger partial charge in [-0.1, -0.05) is 84.9 Å². The molecule has 1 unspecified atom stereocenters. The molecule has 0 bridgehead atoms. The van der Waals surface area contributed by atoms with E-state index in [9.17, 15) is 19.8 Å². The van der Waals surface area contributed by atoms with Gasteiger partial charge in [-0.25, -0.2) is 6.57 Å². The molecule has 7 nitrogen and oxygen atoms in total. The molecule has 1 heterocycles. The number of ketones is 1. The lowest BCUT2D eigenvalue weighted by atomic mass is 9.72. The van der Waals surface area contributed by atoms with E-state index in [1.807, 2.05) is 60.7 Å². The number of aliphatic hydroxyl groups is 2. The summed E-state index contributed by atoms with van der Waals surface area (Å²) in [6, 6.07) is 26.6. The zero-order chi connectivity index (χ0) is 30.7. The monoisotopic (exact) mass is 582 g/mol. The van der Waals surface area contributed by atoms with Crippen LogP contribution in [-0.2, 0) is 20.5 Å². The van der Waals surface area contributed by atoms with E-state index in [0.717, 1.165) is 50.0 Å². The van der Waals surface area contributed by atoms with Crippen molar-refractivity contribution in [2.45, 2.75) is 50.0 Å². The maximum absolute atomic E-state index is 13.0. The normalized spacial score (nSPS) is 15.8. The lowest BCUT2D eigenvalue weighted by molar-refractivity contribution is -0.152. The van der Waals surface area contributed by atoms with Crippen LogP contribution in [0.3, 0.4) is 0 Å². The molecule has 3 aromatic carbocycles. The van der Waals surface area contributed by atoms with Gasteiger partial charge in [0, 0.05) is 18.4 Å². The summed E-state index contributed by atoms with van der Waals surface area (Å²) in [4.78, 5) is 31.5. The quantitative estimate of drug-likeness (QED) is 0.150. The van der Waals surface area contributed by atoms with E-state index in [4.69, 9.17) is 11.3 Å². The molecule has 0 spiro atoms. The summed E-state index contributed by atoms with van der Waals surface area (Å²) in [6.45, 7) is 11.1. The molecule has 1 fully saturated rings. The van der Waals surface area contributed by atoms with Gasteiger partial charge in [-0.15, -0.1) is 0 Å². The maximum atomic E-state index is 13.0. The summed E-state index contributed by atoms with van der Waals surface area (Å²) < 4.78 is 5.22. The van der Waals surface area contributed by atoms with Crippen LogP contribution in [-0.4, -0.2) is 66.3 Å². The SMILES string of the molecule is [C-]#[N+]CCC(CO)(C(=O)OCC)c1ccc(C(=O)CCCN2CCC(C(O)(c3ccccc3)c3ccccc3)CC2)cc1. The van der Waals surface area contributed by atoms with E-state index in [1.54, 1.807) is 31.2 Å². The van der Waals surface area contributed by atoms with Crippen molar-refractivity contribution in [1.82, 2.24) is 4.90 Å². The minimum atomic E-state index is -1.32. The molecule has 4 rings (SSSR count). The van der Waals surface area contributed by atoms with Crippen LogP contribution in [0.2, 0.25) is 0 Å². The number of piperidine rings is 1. The molecule has 0 radical (unpaired) electrons. The number of ether oxygens (including phenoxy) is 1. The van der Waals surface area contributed by atoms with Crippen molar-refractivity contribution < 1.29 is 24.5 Å². The molecule has 226 valence electrons. The topological polar surface area (TPSA) is 91.4 Å². The first-order chi connectivity index (χ1) is 20.9.